The number of carbonyl (C=O) groups excluding carboxylic acids is 3. The molecule has 0 aliphatic heterocycles. The van der Waals surface area contributed by atoms with E-state index in [0.29, 0.717) is 11.3 Å². The molecule has 0 bridgehead atoms. The normalized spacial score (nSPS) is 10.3. The van der Waals surface area contributed by atoms with Gasteiger partial charge in [-0.2, -0.15) is 0 Å². The van der Waals surface area contributed by atoms with Crippen LogP contribution >= 0.6 is 0 Å². The van der Waals surface area contributed by atoms with Crippen LogP contribution in [0.4, 0.5) is 15.8 Å². The van der Waals surface area contributed by atoms with Crippen molar-refractivity contribution in [3.05, 3.63) is 59.4 Å². The molecule has 0 saturated heterocycles. The largest absolute Gasteiger partial charge is 0.350 e. The van der Waals surface area contributed by atoms with E-state index in [-0.39, 0.29) is 23.2 Å². The lowest BCUT2D eigenvalue weighted by Crippen LogP contribution is -2.31. The van der Waals surface area contributed by atoms with Gasteiger partial charge in [0.25, 0.3) is 11.8 Å². The van der Waals surface area contributed by atoms with Crippen molar-refractivity contribution in [2.75, 3.05) is 10.6 Å². The van der Waals surface area contributed by atoms with Gasteiger partial charge in [-0.15, -0.1) is 0 Å². The quantitative estimate of drug-likeness (QED) is 0.768. The van der Waals surface area contributed by atoms with Gasteiger partial charge in [0.05, 0.1) is 16.9 Å². The molecule has 0 fully saturated rings. The number of hydrogen-bond acceptors (Lipinski definition) is 3. The van der Waals surface area contributed by atoms with Crippen molar-refractivity contribution in [2.24, 2.45) is 0 Å². The molecule has 2 aromatic rings. The molecular formula is C19H20FN3O3. The molecule has 0 radical (unpaired) electrons. The fraction of sp³-hybridized carbons (Fsp3) is 0.211. The second-order valence-electron chi connectivity index (χ2n) is 6.00. The Hall–Kier alpha value is -3.22. The predicted octanol–water partition coefficient (Wildman–Crippen LogP) is 3.17. The molecule has 0 aliphatic carbocycles. The minimum atomic E-state index is -0.645. The molecule has 0 unspecified atom stereocenters. The molecule has 0 atom stereocenters. The molecular weight excluding hydrogens is 337 g/mol. The molecule has 0 aliphatic rings. The zero-order chi connectivity index (χ0) is 19.3. The van der Waals surface area contributed by atoms with Crippen molar-refractivity contribution in [1.82, 2.24) is 5.32 Å². The zero-order valence-corrected chi connectivity index (χ0v) is 14.7. The fourth-order valence-electron chi connectivity index (χ4n) is 2.28. The second-order valence-corrected chi connectivity index (χ2v) is 6.00. The van der Waals surface area contributed by atoms with Crippen molar-refractivity contribution < 1.29 is 18.8 Å². The van der Waals surface area contributed by atoms with Crippen molar-refractivity contribution in [3.8, 4) is 0 Å². The Morgan fingerprint density at radius 2 is 1.62 bits per heavy atom. The van der Waals surface area contributed by atoms with E-state index >= 15 is 0 Å². The summed E-state index contributed by atoms with van der Waals surface area (Å²) in [5, 5.41) is 7.73. The van der Waals surface area contributed by atoms with E-state index < -0.39 is 17.6 Å². The van der Waals surface area contributed by atoms with Gasteiger partial charge in [-0.05, 0) is 44.2 Å². The van der Waals surface area contributed by atoms with Gasteiger partial charge in [-0.25, -0.2) is 4.39 Å². The Kier molecular flexibility index (Phi) is 6.06. The highest BCUT2D eigenvalue weighted by Crippen LogP contribution is 2.20. The van der Waals surface area contributed by atoms with Crippen molar-refractivity contribution >= 4 is 29.1 Å². The third-order valence-corrected chi connectivity index (χ3v) is 3.38. The topological polar surface area (TPSA) is 87.3 Å². The van der Waals surface area contributed by atoms with Crippen molar-refractivity contribution in [2.45, 2.75) is 26.8 Å². The fourth-order valence-corrected chi connectivity index (χ4v) is 2.28. The molecule has 6 nitrogen and oxygen atoms in total. The Balaban J connectivity index is 2.26. The first-order valence-corrected chi connectivity index (χ1v) is 8.06. The molecule has 2 aromatic carbocycles. The van der Waals surface area contributed by atoms with Gasteiger partial charge < -0.3 is 16.0 Å². The first-order valence-electron chi connectivity index (χ1n) is 8.06. The summed E-state index contributed by atoms with van der Waals surface area (Å²) in [7, 11) is 0. The monoisotopic (exact) mass is 357 g/mol. The average Bonchev–Trinajstić information content (AvgIpc) is 2.56. The Morgan fingerprint density at radius 1 is 0.923 bits per heavy atom. The molecule has 0 heterocycles. The minimum absolute atomic E-state index is 0.0523. The number of hydrogen-bond donors (Lipinski definition) is 3. The smallest absolute Gasteiger partial charge is 0.255 e. The molecule has 0 aromatic heterocycles. The summed E-state index contributed by atoms with van der Waals surface area (Å²) in [5.74, 6) is -1.93. The first-order chi connectivity index (χ1) is 12.3. The highest BCUT2D eigenvalue weighted by Gasteiger charge is 2.16. The maximum absolute atomic E-state index is 13.7. The molecule has 136 valence electrons. The Bertz CT molecular complexity index is 850. The highest BCUT2D eigenvalue weighted by molar-refractivity contribution is 6.09. The number of anilines is 2. The van der Waals surface area contributed by atoms with E-state index in [1.807, 2.05) is 13.8 Å². The third-order valence-electron chi connectivity index (χ3n) is 3.38. The number of carbonyl (C=O) groups is 3. The van der Waals surface area contributed by atoms with Crippen LogP contribution in [0.15, 0.2) is 42.5 Å². The lowest BCUT2D eigenvalue weighted by atomic mass is 10.1. The standard InChI is InChI=1S/C19H20FN3O3/c1-11(2)21-19(26)14-6-4-5-7-16(14)23-18(25)13-8-9-15(20)17(10-13)22-12(3)24/h4-11H,1-3H3,(H,21,26)(H,22,24)(H,23,25). The van der Waals surface area contributed by atoms with E-state index in [2.05, 4.69) is 16.0 Å². The lowest BCUT2D eigenvalue weighted by Gasteiger charge is -2.13. The molecule has 0 spiro atoms. The van der Waals surface area contributed by atoms with Crippen LogP contribution in [0.25, 0.3) is 0 Å². The van der Waals surface area contributed by atoms with Gasteiger partial charge in [0.1, 0.15) is 5.82 Å². The van der Waals surface area contributed by atoms with Crippen LogP contribution in [0.1, 0.15) is 41.5 Å². The van der Waals surface area contributed by atoms with Crippen LogP contribution in [-0.2, 0) is 4.79 Å². The highest BCUT2D eigenvalue weighted by atomic mass is 19.1. The molecule has 0 saturated carbocycles. The lowest BCUT2D eigenvalue weighted by molar-refractivity contribution is -0.114. The van der Waals surface area contributed by atoms with E-state index in [1.165, 1.54) is 19.1 Å². The van der Waals surface area contributed by atoms with Crippen LogP contribution < -0.4 is 16.0 Å². The van der Waals surface area contributed by atoms with Gasteiger partial charge in [0.15, 0.2) is 0 Å². The molecule has 3 amide bonds. The second kappa shape index (κ2) is 8.24. The number of benzene rings is 2. The van der Waals surface area contributed by atoms with Crippen LogP contribution in [-0.4, -0.2) is 23.8 Å². The number of amides is 3. The van der Waals surface area contributed by atoms with Gasteiger partial charge in [-0.1, -0.05) is 12.1 Å². The SMILES string of the molecule is CC(=O)Nc1cc(C(=O)Nc2ccccc2C(=O)NC(C)C)ccc1F. The maximum atomic E-state index is 13.7. The van der Waals surface area contributed by atoms with E-state index in [0.717, 1.165) is 6.07 Å². The number of nitrogens with one attached hydrogen (secondary N) is 3. The van der Waals surface area contributed by atoms with Crippen LogP contribution in [0, 0.1) is 5.82 Å². The summed E-state index contributed by atoms with van der Waals surface area (Å²) >= 11 is 0. The van der Waals surface area contributed by atoms with Crippen LogP contribution in [0.2, 0.25) is 0 Å². The molecule has 3 N–H and O–H groups in total. The maximum Gasteiger partial charge on any atom is 0.255 e. The summed E-state index contributed by atoms with van der Waals surface area (Å²) in [5.41, 5.74) is 0.713. The molecule has 26 heavy (non-hydrogen) atoms. The van der Waals surface area contributed by atoms with Gasteiger partial charge in [0.2, 0.25) is 5.91 Å². The Labute approximate surface area is 150 Å². The summed E-state index contributed by atoms with van der Waals surface area (Å²) in [6, 6.07) is 10.2. The summed E-state index contributed by atoms with van der Waals surface area (Å²) in [6.07, 6.45) is 0. The average molecular weight is 357 g/mol. The molecule has 2 rings (SSSR count). The summed E-state index contributed by atoms with van der Waals surface area (Å²) in [6.45, 7) is 4.91. The summed E-state index contributed by atoms with van der Waals surface area (Å²) < 4.78 is 13.7. The zero-order valence-electron chi connectivity index (χ0n) is 14.7. The molecule has 7 heteroatoms. The van der Waals surface area contributed by atoms with E-state index in [9.17, 15) is 18.8 Å². The van der Waals surface area contributed by atoms with Crippen molar-refractivity contribution in [1.29, 1.82) is 0 Å². The van der Waals surface area contributed by atoms with Gasteiger partial charge in [0, 0.05) is 18.5 Å². The Morgan fingerprint density at radius 3 is 2.27 bits per heavy atom. The van der Waals surface area contributed by atoms with Crippen LogP contribution in [0.5, 0.6) is 0 Å². The first kappa shape index (κ1) is 19.1. The van der Waals surface area contributed by atoms with E-state index in [4.69, 9.17) is 0 Å². The predicted molar refractivity (Wildman–Crippen MR) is 97.7 cm³/mol. The minimum Gasteiger partial charge on any atom is -0.350 e. The number of rotatable bonds is 5. The number of para-hydroxylation sites is 1. The van der Waals surface area contributed by atoms with Gasteiger partial charge >= 0.3 is 0 Å². The van der Waals surface area contributed by atoms with Crippen LogP contribution in [0.3, 0.4) is 0 Å². The summed E-state index contributed by atoms with van der Waals surface area (Å²) in [4.78, 5) is 35.9. The van der Waals surface area contributed by atoms with E-state index in [1.54, 1.807) is 24.3 Å². The van der Waals surface area contributed by atoms with Gasteiger partial charge in [-0.3, -0.25) is 14.4 Å². The third kappa shape index (κ3) is 4.89. The van der Waals surface area contributed by atoms with Crippen molar-refractivity contribution in [3.63, 3.8) is 0 Å². The number of halogens is 1.